The van der Waals surface area contributed by atoms with Crippen molar-refractivity contribution in [2.75, 3.05) is 52.9 Å². The van der Waals surface area contributed by atoms with Gasteiger partial charge in [-0.25, -0.2) is 9.52 Å². The molecule has 0 radical (unpaired) electrons. The average molecular weight is 294 g/mol. The molecule has 1 saturated heterocycles. The normalized spacial score (nSPS) is 17.4. The van der Waals surface area contributed by atoms with Gasteiger partial charge in [-0.3, -0.25) is 4.90 Å². The second kappa shape index (κ2) is 7.63. The van der Waals surface area contributed by atoms with Crippen LogP contribution in [0.25, 0.3) is 0 Å². The monoisotopic (exact) mass is 294 g/mol. The number of ether oxygens (including phenoxy) is 1. The number of nitrogens with one attached hydrogen (secondary N) is 2. The lowest BCUT2D eigenvalue weighted by molar-refractivity contribution is 0.158. The lowest BCUT2D eigenvalue weighted by Gasteiger charge is -2.28. The van der Waals surface area contributed by atoms with Crippen LogP contribution < -0.4 is 10.0 Å². The molecule has 0 bridgehead atoms. The molecule has 2 N–H and O–H groups in total. The van der Waals surface area contributed by atoms with Crippen LogP contribution >= 0.6 is 0 Å². The van der Waals surface area contributed by atoms with Crippen LogP contribution in [0.1, 0.15) is 6.92 Å². The van der Waals surface area contributed by atoms with Crippen molar-refractivity contribution in [3.63, 3.8) is 0 Å². The van der Waals surface area contributed by atoms with Crippen molar-refractivity contribution < 1.29 is 17.9 Å². The van der Waals surface area contributed by atoms with Crippen molar-refractivity contribution >= 4 is 16.3 Å². The van der Waals surface area contributed by atoms with E-state index in [2.05, 4.69) is 15.0 Å². The third kappa shape index (κ3) is 5.72. The SMILES string of the molecule is CCOC(=O)NS(=O)(=O)N(C)CCN1CCNCC1. The lowest BCUT2D eigenvalue weighted by atomic mass is 10.3. The second-order valence-electron chi connectivity index (χ2n) is 4.24. The molecule has 112 valence electrons. The summed E-state index contributed by atoms with van der Waals surface area (Å²) in [5, 5.41) is 3.23. The van der Waals surface area contributed by atoms with Crippen molar-refractivity contribution in [3.05, 3.63) is 0 Å². The first kappa shape index (κ1) is 16.2. The van der Waals surface area contributed by atoms with E-state index in [1.54, 1.807) is 6.92 Å². The first-order chi connectivity index (χ1) is 8.95. The van der Waals surface area contributed by atoms with E-state index in [0.717, 1.165) is 30.5 Å². The minimum atomic E-state index is -3.82. The summed E-state index contributed by atoms with van der Waals surface area (Å²) in [6, 6.07) is 0. The Morgan fingerprint density at radius 1 is 1.42 bits per heavy atom. The van der Waals surface area contributed by atoms with Gasteiger partial charge in [-0.2, -0.15) is 12.7 Å². The summed E-state index contributed by atoms with van der Waals surface area (Å²) < 4.78 is 31.1. The van der Waals surface area contributed by atoms with E-state index >= 15 is 0 Å². The maximum absolute atomic E-state index is 11.8. The van der Waals surface area contributed by atoms with Gasteiger partial charge in [0.2, 0.25) is 0 Å². The molecule has 0 saturated carbocycles. The predicted octanol–water partition coefficient (Wildman–Crippen LogP) is -1.19. The van der Waals surface area contributed by atoms with Gasteiger partial charge in [-0.05, 0) is 6.92 Å². The number of likely N-dealkylation sites (N-methyl/N-ethyl adjacent to an activating group) is 1. The zero-order valence-corrected chi connectivity index (χ0v) is 12.2. The van der Waals surface area contributed by atoms with Crippen LogP contribution in [-0.4, -0.2) is 76.6 Å². The topological polar surface area (TPSA) is 91.0 Å². The third-order valence-corrected chi connectivity index (χ3v) is 4.27. The Morgan fingerprint density at radius 2 is 2.05 bits per heavy atom. The van der Waals surface area contributed by atoms with E-state index in [1.807, 2.05) is 4.72 Å². The summed E-state index contributed by atoms with van der Waals surface area (Å²) in [7, 11) is -2.38. The molecule has 1 aliphatic heterocycles. The second-order valence-corrected chi connectivity index (χ2v) is 6.02. The molecule has 0 aliphatic carbocycles. The Hall–Kier alpha value is -0.900. The van der Waals surface area contributed by atoms with E-state index in [0.29, 0.717) is 13.1 Å². The van der Waals surface area contributed by atoms with Gasteiger partial charge < -0.3 is 10.1 Å². The molecule has 8 nitrogen and oxygen atoms in total. The third-order valence-electron chi connectivity index (χ3n) is 2.84. The zero-order valence-electron chi connectivity index (χ0n) is 11.4. The van der Waals surface area contributed by atoms with Gasteiger partial charge in [-0.1, -0.05) is 0 Å². The highest BCUT2D eigenvalue weighted by molar-refractivity contribution is 7.87. The number of carbonyl (C=O) groups is 1. The van der Waals surface area contributed by atoms with Gasteiger partial charge in [0, 0.05) is 46.3 Å². The van der Waals surface area contributed by atoms with Gasteiger partial charge in [0.25, 0.3) is 0 Å². The van der Waals surface area contributed by atoms with Crippen LogP contribution in [0.5, 0.6) is 0 Å². The molecule has 1 fully saturated rings. The highest BCUT2D eigenvalue weighted by atomic mass is 32.2. The summed E-state index contributed by atoms with van der Waals surface area (Å²) in [5.41, 5.74) is 0. The van der Waals surface area contributed by atoms with Crippen LogP contribution in [0, 0.1) is 0 Å². The van der Waals surface area contributed by atoms with Crippen LogP contribution in [0.3, 0.4) is 0 Å². The molecule has 0 aromatic heterocycles. The highest BCUT2D eigenvalue weighted by Crippen LogP contribution is 1.98. The largest absolute Gasteiger partial charge is 0.449 e. The molecular weight excluding hydrogens is 272 g/mol. The minimum Gasteiger partial charge on any atom is -0.449 e. The van der Waals surface area contributed by atoms with Crippen LogP contribution in [0.4, 0.5) is 4.79 Å². The van der Waals surface area contributed by atoms with E-state index in [9.17, 15) is 13.2 Å². The summed E-state index contributed by atoms with van der Waals surface area (Å²) in [6.45, 7) is 6.34. The van der Waals surface area contributed by atoms with E-state index in [1.165, 1.54) is 7.05 Å². The Labute approximate surface area is 114 Å². The van der Waals surface area contributed by atoms with E-state index in [4.69, 9.17) is 0 Å². The van der Waals surface area contributed by atoms with Crippen molar-refractivity contribution in [2.24, 2.45) is 0 Å². The smallest absolute Gasteiger partial charge is 0.421 e. The Morgan fingerprint density at radius 3 is 2.63 bits per heavy atom. The fourth-order valence-electron chi connectivity index (χ4n) is 1.68. The predicted molar refractivity (Wildman–Crippen MR) is 71.0 cm³/mol. The van der Waals surface area contributed by atoms with Gasteiger partial charge in [0.1, 0.15) is 0 Å². The average Bonchev–Trinajstić information content (AvgIpc) is 2.36. The number of carbonyl (C=O) groups excluding carboxylic acids is 1. The standard InChI is InChI=1S/C10H22N4O4S/c1-3-18-10(15)12-19(16,17)13(2)8-9-14-6-4-11-5-7-14/h11H,3-9H2,1-2H3,(H,12,15). The Balaban J connectivity index is 2.37. The first-order valence-corrected chi connectivity index (χ1v) is 7.73. The Bertz CT molecular complexity index is 381. The summed E-state index contributed by atoms with van der Waals surface area (Å²) >= 11 is 0. The zero-order chi connectivity index (χ0) is 14.3. The molecule has 0 spiro atoms. The highest BCUT2D eigenvalue weighted by Gasteiger charge is 2.21. The summed E-state index contributed by atoms with van der Waals surface area (Å²) in [5.74, 6) is 0. The molecule has 1 rings (SSSR count). The molecule has 19 heavy (non-hydrogen) atoms. The molecule has 1 heterocycles. The fraction of sp³-hybridized carbons (Fsp3) is 0.900. The number of hydrogen-bond acceptors (Lipinski definition) is 6. The van der Waals surface area contributed by atoms with Crippen LogP contribution in [0.2, 0.25) is 0 Å². The molecule has 0 unspecified atom stereocenters. The Kier molecular flexibility index (Phi) is 6.49. The van der Waals surface area contributed by atoms with E-state index in [-0.39, 0.29) is 6.61 Å². The maximum Gasteiger partial charge on any atom is 0.421 e. The van der Waals surface area contributed by atoms with Gasteiger partial charge in [0.15, 0.2) is 0 Å². The molecular formula is C10H22N4O4S. The molecule has 9 heteroatoms. The molecule has 0 aromatic rings. The van der Waals surface area contributed by atoms with Gasteiger partial charge >= 0.3 is 16.3 Å². The number of rotatable bonds is 6. The molecule has 0 aromatic carbocycles. The van der Waals surface area contributed by atoms with Gasteiger partial charge in [-0.15, -0.1) is 0 Å². The van der Waals surface area contributed by atoms with Gasteiger partial charge in [0.05, 0.1) is 6.61 Å². The van der Waals surface area contributed by atoms with E-state index < -0.39 is 16.3 Å². The minimum absolute atomic E-state index is 0.131. The lowest BCUT2D eigenvalue weighted by Crippen LogP contribution is -2.48. The molecule has 0 atom stereocenters. The van der Waals surface area contributed by atoms with Crippen molar-refractivity contribution in [3.8, 4) is 0 Å². The molecule has 1 aliphatic rings. The quantitative estimate of drug-likeness (QED) is 0.640. The fourth-order valence-corrected chi connectivity index (χ4v) is 2.43. The van der Waals surface area contributed by atoms with Crippen molar-refractivity contribution in [1.82, 2.24) is 19.2 Å². The summed E-state index contributed by atoms with van der Waals surface area (Å²) in [4.78, 5) is 13.3. The van der Waals surface area contributed by atoms with Crippen molar-refractivity contribution in [2.45, 2.75) is 6.92 Å². The number of piperazine rings is 1. The van der Waals surface area contributed by atoms with Crippen molar-refractivity contribution in [1.29, 1.82) is 0 Å². The van der Waals surface area contributed by atoms with Crippen LogP contribution in [-0.2, 0) is 14.9 Å². The number of amides is 1. The first-order valence-electron chi connectivity index (χ1n) is 6.29. The molecule has 1 amide bonds. The number of nitrogens with zero attached hydrogens (tertiary/aromatic N) is 2. The van der Waals surface area contributed by atoms with Crippen LogP contribution in [0.15, 0.2) is 0 Å². The summed E-state index contributed by atoms with van der Waals surface area (Å²) in [6.07, 6.45) is -0.948. The number of hydrogen-bond donors (Lipinski definition) is 2. The maximum atomic E-state index is 11.8.